The van der Waals surface area contributed by atoms with E-state index in [4.69, 9.17) is 9.47 Å². The van der Waals surface area contributed by atoms with Crippen molar-refractivity contribution in [3.8, 4) is 11.1 Å². The van der Waals surface area contributed by atoms with Crippen molar-refractivity contribution in [2.24, 2.45) is 5.92 Å². The first-order valence-corrected chi connectivity index (χ1v) is 21.2. The third-order valence-electron chi connectivity index (χ3n) is 11.1. The maximum atomic E-state index is 12.7. The van der Waals surface area contributed by atoms with Gasteiger partial charge in [-0.1, -0.05) is 164 Å². The fourth-order valence-corrected chi connectivity index (χ4v) is 7.71. The number of hydrogen-bond acceptors (Lipinski definition) is 5. The van der Waals surface area contributed by atoms with Crippen molar-refractivity contribution in [3.63, 3.8) is 0 Å². The van der Waals surface area contributed by atoms with E-state index in [1.165, 1.54) is 77.0 Å². The van der Waals surface area contributed by atoms with Crippen molar-refractivity contribution in [1.29, 1.82) is 0 Å². The molecule has 4 atom stereocenters. The van der Waals surface area contributed by atoms with Gasteiger partial charge < -0.3 is 24.8 Å². The molecule has 0 bridgehead atoms. The number of hydrogen-bond donors (Lipinski definition) is 2. The first kappa shape index (κ1) is 42.3. The van der Waals surface area contributed by atoms with E-state index < -0.39 is 6.29 Å². The van der Waals surface area contributed by atoms with Gasteiger partial charge in [0.1, 0.15) is 0 Å². The van der Waals surface area contributed by atoms with Crippen LogP contribution in [0.5, 0.6) is 0 Å². The van der Waals surface area contributed by atoms with Crippen LogP contribution < -0.4 is 5.32 Å². The van der Waals surface area contributed by atoms with E-state index in [-0.39, 0.29) is 30.6 Å². The predicted octanol–water partition coefficient (Wildman–Crippen LogP) is 11.6. The number of aliphatic hydroxyl groups excluding tert-OH is 1. The fraction of sp³-hybridized carbons (Fsp3) is 0.490. The molecule has 6 heteroatoms. The Balaban J connectivity index is 1.33. The monoisotopic (exact) mass is 747 g/mol. The van der Waals surface area contributed by atoms with Crippen LogP contribution in [0.15, 0.2) is 103 Å². The Labute approximate surface area is 331 Å². The van der Waals surface area contributed by atoms with Crippen LogP contribution in [0.3, 0.4) is 0 Å². The maximum absolute atomic E-state index is 12.7. The molecule has 1 heterocycles. The number of unbranched alkanes of at least 4 members (excludes halogenated alkanes) is 10. The topological polar surface area (TPSA) is 71.0 Å². The van der Waals surface area contributed by atoms with Crippen LogP contribution in [0.4, 0.5) is 0 Å². The molecular weight excluding hydrogens is 681 g/mol. The van der Waals surface area contributed by atoms with Gasteiger partial charge >= 0.3 is 0 Å². The smallest absolute Gasteiger partial charge is 0.251 e. The number of nitrogens with one attached hydrogen (secondary N) is 1. The molecule has 2 N–H and O–H groups in total. The van der Waals surface area contributed by atoms with Crippen LogP contribution in [0.2, 0.25) is 0 Å². The Kier molecular flexibility index (Phi) is 17.9. The predicted molar refractivity (Wildman–Crippen MR) is 226 cm³/mol. The van der Waals surface area contributed by atoms with Crippen LogP contribution in [-0.4, -0.2) is 41.7 Å². The van der Waals surface area contributed by atoms with Crippen molar-refractivity contribution in [2.45, 2.75) is 129 Å². The van der Waals surface area contributed by atoms with Crippen LogP contribution in [0.25, 0.3) is 11.1 Å². The van der Waals surface area contributed by atoms with Crippen molar-refractivity contribution < 1.29 is 19.4 Å². The minimum Gasteiger partial charge on any atom is -0.392 e. The Hall–Kier alpha value is -3.81. The number of aliphatic hydroxyl groups is 1. The summed E-state index contributed by atoms with van der Waals surface area (Å²) in [6.07, 6.45) is 14.8. The lowest BCUT2D eigenvalue weighted by Gasteiger charge is -2.43. The van der Waals surface area contributed by atoms with Gasteiger partial charge in [-0.25, -0.2) is 0 Å². The van der Waals surface area contributed by atoms with Gasteiger partial charge in [0.25, 0.3) is 5.91 Å². The summed E-state index contributed by atoms with van der Waals surface area (Å²) < 4.78 is 13.9. The Bertz CT molecular complexity index is 1660. The summed E-state index contributed by atoms with van der Waals surface area (Å²) in [5.41, 5.74) is 6.85. The summed E-state index contributed by atoms with van der Waals surface area (Å²) in [6, 6.07) is 34.4. The minimum absolute atomic E-state index is 0.0124. The van der Waals surface area contributed by atoms with Crippen LogP contribution in [0, 0.1) is 5.92 Å². The molecule has 1 aliphatic heterocycles. The Morgan fingerprint density at radius 3 is 1.93 bits per heavy atom. The van der Waals surface area contributed by atoms with Gasteiger partial charge in [-0.05, 0) is 78.0 Å². The molecule has 1 fully saturated rings. The fourth-order valence-electron chi connectivity index (χ4n) is 7.71. The molecule has 0 spiro atoms. The van der Waals surface area contributed by atoms with E-state index in [2.05, 4.69) is 79.5 Å². The molecule has 6 nitrogen and oxygen atoms in total. The van der Waals surface area contributed by atoms with E-state index in [0.29, 0.717) is 12.1 Å². The van der Waals surface area contributed by atoms with E-state index in [9.17, 15) is 9.90 Å². The number of nitrogens with zero attached hydrogens (tertiary/aromatic N) is 1. The molecule has 1 aliphatic rings. The lowest BCUT2D eigenvalue weighted by molar-refractivity contribution is -0.276. The van der Waals surface area contributed by atoms with Gasteiger partial charge in [0.15, 0.2) is 6.29 Å². The second-order valence-corrected chi connectivity index (χ2v) is 15.5. The van der Waals surface area contributed by atoms with Crippen molar-refractivity contribution >= 4 is 5.91 Å². The average molecular weight is 747 g/mol. The SMILES string of the molecule is CCCCCCCCN(CCCCCCCC)C[C@@H]1O[C@H](c2cccc(-c3cccc(CNC(=O)c4ccccc4)c3)c2)O[C@H](c2ccc(CO)cc2)[C@@H]1C. The number of amides is 1. The standard InChI is InChI=1S/C49H66N2O4/c1-4-6-8-10-12-17-31-51(32-18-13-11-9-7-5-2)36-46-38(3)47(41-29-27-39(37-52)28-30-41)55-49(54-46)45-26-20-25-44(34-45)43-24-19-21-40(33-43)35-50-48(53)42-22-15-14-16-23-42/h14-16,19-30,33-34,38,46-47,49,52H,4-13,17-18,31-32,35-37H2,1-3H3,(H,50,53)/t38-,46+,47+,49+/m1/s1. The van der Waals surface area contributed by atoms with Gasteiger partial charge in [-0.3, -0.25) is 4.79 Å². The molecule has 0 aromatic heterocycles. The van der Waals surface area contributed by atoms with Crippen LogP contribution >= 0.6 is 0 Å². The summed E-state index contributed by atoms with van der Waals surface area (Å²) >= 11 is 0. The average Bonchev–Trinajstić information content (AvgIpc) is 3.23. The first-order valence-electron chi connectivity index (χ1n) is 21.2. The van der Waals surface area contributed by atoms with Gasteiger partial charge in [0.05, 0.1) is 18.8 Å². The van der Waals surface area contributed by atoms with Gasteiger partial charge in [-0.2, -0.15) is 0 Å². The Morgan fingerprint density at radius 2 is 1.27 bits per heavy atom. The number of ether oxygens (including phenoxy) is 2. The highest BCUT2D eigenvalue weighted by Gasteiger charge is 2.39. The van der Waals surface area contributed by atoms with Gasteiger partial charge in [0, 0.05) is 30.1 Å². The van der Waals surface area contributed by atoms with E-state index in [1.54, 1.807) is 0 Å². The molecule has 0 aliphatic carbocycles. The number of carbonyl (C=O) groups is 1. The largest absolute Gasteiger partial charge is 0.392 e. The molecule has 0 saturated carbocycles. The second-order valence-electron chi connectivity index (χ2n) is 15.5. The van der Waals surface area contributed by atoms with E-state index >= 15 is 0 Å². The molecule has 1 saturated heterocycles. The zero-order valence-corrected chi connectivity index (χ0v) is 33.8. The zero-order valence-electron chi connectivity index (χ0n) is 33.8. The lowest BCUT2D eigenvalue weighted by atomic mass is 9.89. The van der Waals surface area contributed by atoms with Crippen molar-refractivity contribution in [3.05, 3.63) is 131 Å². The molecule has 4 aromatic rings. The first-order chi connectivity index (χ1) is 27.0. The summed E-state index contributed by atoms with van der Waals surface area (Å²) in [4.78, 5) is 15.4. The van der Waals surface area contributed by atoms with Crippen LogP contribution in [0.1, 0.15) is 143 Å². The molecule has 5 rings (SSSR count). The molecule has 0 unspecified atom stereocenters. The number of carbonyl (C=O) groups excluding carboxylic acids is 1. The highest BCUT2D eigenvalue weighted by Crippen LogP contribution is 2.42. The zero-order chi connectivity index (χ0) is 38.7. The minimum atomic E-state index is -0.526. The van der Waals surface area contributed by atoms with E-state index in [0.717, 1.165) is 53.0 Å². The molecule has 4 aromatic carbocycles. The summed E-state index contributed by atoms with van der Waals surface area (Å²) in [5.74, 6) is 0.0558. The Morgan fingerprint density at radius 1 is 0.655 bits per heavy atom. The normalized spacial score (nSPS) is 18.4. The third-order valence-corrected chi connectivity index (χ3v) is 11.1. The molecule has 1 amide bonds. The molecule has 55 heavy (non-hydrogen) atoms. The number of rotatable bonds is 23. The molecular formula is C49H66N2O4. The van der Waals surface area contributed by atoms with Crippen LogP contribution in [-0.2, 0) is 22.6 Å². The summed E-state index contributed by atoms with van der Waals surface area (Å²) in [7, 11) is 0. The summed E-state index contributed by atoms with van der Waals surface area (Å²) in [5, 5.41) is 12.8. The second kappa shape index (κ2) is 23.3. The summed E-state index contributed by atoms with van der Waals surface area (Å²) in [6.45, 7) is 10.4. The van der Waals surface area contributed by atoms with Gasteiger partial charge in [0.2, 0.25) is 0 Å². The quantitative estimate of drug-likeness (QED) is 0.0740. The third kappa shape index (κ3) is 13.4. The highest BCUT2D eigenvalue weighted by atomic mass is 16.7. The van der Waals surface area contributed by atoms with E-state index in [1.807, 2.05) is 54.6 Å². The van der Waals surface area contributed by atoms with Crippen molar-refractivity contribution in [1.82, 2.24) is 10.2 Å². The molecule has 0 radical (unpaired) electrons. The van der Waals surface area contributed by atoms with Crippen molar-refractivity contribution in [2.75, 3.05) is 19.6 Å². The lowest BCUT2D eigenvalue weighted by Crippen LogP contribution is -2.45. The highest BCUT2D eigenvalue weighted by molar-refractivity contribution is 5.94. The maximum Gasteiger partial charge on any atom is 0.251 e. The number of benzene rings is 4. The molecule has 296 valence electrons. The van der Waals surface area contributed by atoms with Gasteiger partial charge in [-0.15, -0.1) is 0 Å².